The number of hydrogen-bond donors (Lipinski definition) is 0. The summed E-state index contributed by atoms with van der Waals surface area (Å²) in [4.78, 5) is 24.9. The van der Waals surface area contributed by atoms with Crippen LogP contribution in [0.1, 0.15) is 49.2 Å². The van der Waals surface area contributed by atoms with Gasteiger partial charge in [0.25, 0.3) is 0 Å². The van der Waals surface area contributed by atoms with Crippen molar-refractivity contribution in [3.63, 3.8) is 0 Å². The fourth-order valence-corrected chi connectivity index (χ4v) is 4.00. The van der Waals surface area contributed by atoms with Crippen LogP contribution in [0.3, 0.4) is 0 Å². The predicted molar refractivity (Wildman–Crippen MR) is 117 cm³/mol. The van der Waals surface area contributed by atoms with Gasteiger partial charge in [0.15, 0.2) is 5.43 Å². The molecule has 0 fully saturated rings. The molecule has 0 bridgehead atoms. The van der Waals surface area contributed by atoms with Gasteiger partial charge in [-0.05, 0) is 37.0 Å². The highest BCUT2D eigenvalue weighted by atomic mass is 35.5. The highest BCUT2D eigenvalue weighted by molar-refractivity contribution is 6.32. The second-order valence-corrected chi connectivity index (χ2v) is 8.12. The van der Waals surface area contributed by atoms with Crippen molar-refractivity contribution in [3.05, 3.63) is 50.8 Å². The fraction of sp³-hybridized carbons (Fsp3) is 0.478. The fourth-order valence-electron chi connectivity index (χ4n) is 3.78. The highest BCUT2D eigenvalue weighted by Crippen LogP contribution is 2.41. The maximum absolute atomic E-state index is 12.7. The molecule has 2 heterocycles. The van der Waals surface area contributed by atoms with Crippen LogP contribution >= 0.6 is 11.6 Å². The lowest BCUT2D eigenvalue weighted by molar-refractivity contribution is 0.0523. The Bertz CT molecular complexity index is 982. The zero-order chi connectivity index (χ0) is 21.8. The number of fused-ring (bicyclic) bond motifs is 3. The lowest BCUT2D eigenvalue weighted by atomic mass is 9.87. The van der Waals surface area contributed by atoms with Gasteiger partial charge in [-0.3, -0.25) is 4.79 Å². The van der Waals surface area contributed by atoms with Crippen LogP contribution in [-0.4, -0.2) is 37.5 Å². The van der Waals surface area contributed by atoms with Gasteiger partial charge in [-0.2, -0.15) is 0 Å². The molecule has 0 spiro atoms. The number of ether oxygens (including phenoxy) is 3. The van der Waals surface area contributed by atoms with Crippen molar-refractivity contribution in [2.24, 2.45) is 5.92 Å². The third-order valence-electron chi connectivity index (χ3n) is 5.31. The quantitative estimate of drug-likeness (QED) is 0.452. The van der Waals surface area contributed by atoms with Gasteiger partial charge < -0.3 is 18.8 Å². The number of esters is 1. The minimum absolute atomic E-state index is 0.0545. The largest absolute Gasteiger partial charge is 0.492 e. The van der Waals surface area contributed by atoms with Crippen molar-refractivity contribution < 1.29 is 19.0 Å². The van der Waals surface area contributed by atoms with Crippen molar-refractivity contribution in [1.29, 1.82) is 0 Å². The maximum Gasteiger partial charge on any atom is 0.343 e. The number of methoxy groups -OCH3 is 1. The van der Waals surface area contributed by atoms with Crippen molar-refractivity contribution in [2.45, 2.75) is 39.7 Å². The number of aromatic nitrogens is 1. The molecule has 1 atom stereocenters. The number of benzene rings is 1. The summed E-state index contributed by atoms with van der Waals surface area (Å²) in [6, 6.07) is 5.40. The van der Waals surface area contributed by atoms with E-state index >= 15 is 0 Å². The molecule has 6 nitrogen and oxygen atoms in total. The van der Waals surface area contributed by atoms with E-state index < -0.39 is 5.97 Å². The number of rotatable bonds is 8. The molecule has 0 radical (unpaired) electrons. The Balaban J connectivity index is 2.05. The normalized spacial score (nSPS) is 14.9. The molecule has 1 aliphatic rings. The average molecular weight is 434 g/mol. The molecule has 0 saturated carbocycles. The minimum atomic E-state index is -0.594. The van der Waals surface area contributed by atoms with E-state index in [4.69, 9.17) is 25.8 Å². The zero-order valence-electron chi connectivity index (χ0n) is 17.9. The van der Waals surface area contributed by atoms with Gasteiger partial charge >= 0.3 is 5.97 Å². The summed E-state index contributed by atoms with van der Waals surface area (Å²) in [7, 11) is 1.66. The molecule has 0 unspecified atom stereocenters. The lowest BCUT2D eigenvalue weighted by Crippen LogP contribution is -2.28. The second kappa shape index (κ2) is 9.67. The molecule has 30 heavy (non-hydrogen) atoms. The molecule has 1 aliphatic heterocycles. The standard InChI is InChI=1S/C23H28ClNO5/c1-5-29-23(27)17-13-25-19(14(2)3)9-15-10-22(30-8-6-7-28-4)18(24)11-16(15)20(25)12-21(17)26/h10-14,19H,5-9H2,1-4H3/t19-/m0/s1. The van der Waals surface area contributed by atoms with Crippen LogP contribution in [0.4, 0.5) is 0 Å². The summed E-state index contributed by atoms with van der Waals surface area (Å²) in [5.41, 5.74) is 2.41. The predicted octanol–water partition coefficient (Wildman–Crippen LogP) is 4.51. The van der Waals surface area contributed by atoms with Crippen LogP contribution in [0.25, 0.3) is 11.3 Å². The first-order valence-electron chi connectivity index (χ1n) is 10.2. The Morgan fingerprint density at radius 1 is 1.27 bits per heavy atom. The number of carbonyl (C=O) groups excluding carboxylic acids is 1. The van der Waals surface area contributed by atoms with E-state index in [9.17, 15) is 9.59 Å². The molecule has 162 valence electrons. The SMILES string of the molecule is CCOC(=O)c1cn2c(cc1=O)-c1cc(Cl)c(OCCCOC)cc1C[C@H]2C(C)C. The van der Waals surface area contributed by atoms with Crippen molar-refractivity contribution in [2.75, 3.05) is 26.9 Å². The summed E-state index contributed by atoms with van der Waals surface area (Å²) in [5, 5.41) is 0.489. The number of pyridine rings is 1. The summed E-state index contributed by atoms with van der Waals surface area (Å²) in [5.74, 6) is 0.327. The first-order valence-corrected chi connectivity index (χ1v) is 10.6. The highest BCUT2D eigenvalue weighted by Gasteiger charge is 2.29. The van der Waals surface area contributed by atoms with Gasteiger partial charge in [0.1, 0.15) is 11.3 Å². The van der Waals surface area contributed by atoms with Crippen LogP contribution in [-0.2, 0) is 15.9 Å². The molecule has 2 aromatic rings. The molecule has 3 rings (SSSR count). The Hall–Kier alpha value is -2.31. The Morgan fingerprint density at radius 3 is 2.70 bits per heavy atom. The number of nitrogens with zero attached hydrogens (tertiary/aromatic N) is 1. The summed E-state index contributed by atoms with van der Waals surface area (Å²) in [6.45, 7) is 7.33. The number of carbonyl (C=O) groups is 1. The van der Waals surface area contributed by atoms with Gasteiger partial charge in [0, 0.05) is 44.0 Å². The van der Waals surface area contributed by atoms with E-state index in [2.05, 4.69) is 13.8 Å². The monoisotopic (exact) mass is 433 g/mol. The van der Waals surface area contributed by atoms with E-state index in [1.165, 1.54) is 6.07 Å². The van der Waals surface area contributed by atoms with Gasteiger partial charge in [-0.25, -0.2) is 4.79 Å². The molecular weight excluding hydrogens is 406 g/mol. The smallest absolute Gasteiger partial charge is 0.343 e. The van der Waals surface area contributed by atoms with Crippen LogP contribution in [0.15, 0.2) is 29.2 Å². The molecular formula is C23H28ClNO5. The molecule has 1 aromatic heterocycles. The first-order chi connectivity index (χ1) is 14.4. The minimum Gasteiger partial charge on any atom is -0.492 e. The van der Waals surface area contributed by atoms with Crippen molar-refractivity contribution >= 4 is 17.6 Å². The average Bonchev–Trinajstić information content (AvgIpc) is 2.70. The number of hydrogen-bond acceptors (Lipinski definition) is 5. The van der Waals surface area contributed by atoms with Gasteiger partial charge in [-0.15, -0.1) is 0 Å². The van der Waals surface area contributed by atoms with Crippen LogP contribution in [0.5, 0.6) is 5.75 Å². The van der Waals surface area contributed by atoms with Crippen LogP contribution in [0, 0.1) is 5.92 Å². The van der Waals surface area contributed by atoms with Crippen molar-refractivity contribution in [3.8, 4) is 17.0 Å². The molecule has 0 saturated heterocycles. The Labute approximate surface area is 181 Å². The summed E-state index contributed by atoms with van der Waals surface area (Å²) < 4.78 is 18.0. The van der Waals surface area contributed by atoms with Gasteiger partial charge in [-0.1, -0.05) is 25.4 Å². The van der Waals surface area contributed by atoms with Gasteiger partial charge in [0.05, 0.1) is 23.9 Å². The van der Waals surface area contributed by atoms with Gasteiger partial charge in [0.2, 0.25) is 0 Å². The van der Waals surface area contributed by atoms with E-state index in [0.29, 0.717) is 24.0 Å². The summed E-state index contributed by atoms with van der Waals surface area (Å²) >= 11 is 6.48. The van der Waals surface area contributed by atoms with Crippen LogP contribution < -0.4 is 10.2 Å². The Morgan fingerprint density at radius 2 is 2.03 bits per heavy atom. The molecule has 0 aliphatic carbocycles. The molecule has 7 heteroatoms. The zero-order valence-corrected chi connectivity index (χ0v) is 18.6. The topological polar surface area (TPSA) is 66.8 Å². The second-order valence-electron chi connectivity index (χ2n) is 7.71. The maximum atomic E-state index is 12.7. The molecule has 1 aromatic carbocycles. The van der Waals surface area contributed by atoms with E-state index in [0.717, 1.165) is 29.7 Å². The number of halogens is 1. The summed E-state index contributed by atoms with van der Waals surface area (Å²) in [6.07, 6.45) is 3.15. The van der Waals surface area contributed by atoms with E-state index in [1.54, 1.807) is 20.2 Å². The van der Waals surface area contributed by atoms with Crippen LogP contribution in [0.2, 0.25) is 5.02 Å². The first kappa shape index (κ1) is 22.4. The van der Waals surface area contributed by atoms with E-state index in [1.807, 2.05) is 16.7 Å². The molecule has 0 N–H and O–H groups in total. The van der Waals surface area contributed by atoms with Crippen molar-refractivity contribution in [1.82, 2.24) is 4.57 Å². The third kappa shape index (κ3) is 4.55. The molecule has 0 amide bonds. The lowest BCUT2D eigenvalue weighted by Gasteiger charge is -2.33. The Kier molecular flexibility index (Phi) is 7.21. The third-order valence-corrected chi connectivity index (χ3v) is 5.61. The van der Waals surface area contributed by atoms with E-state index in [-0.39, 0.29) is 29.6 Å².